The van der Waals surface area contributed by atoms with Crippen LogP contribution in [0.15, 0.2) is 47.5 Å². The molecule has 7 heteroatoms. The van der Waals surface area contributed by atoms with E-state index in [2.05, 4.69) is 22.3 Å². The van der Waals surface area contributed by atoms with Crippen LogP contribution in [0.5, 0.6) is 0 Å². The van der Waals surface area contributed by atoms with Crippen molar-refractivity contribution in [2.45, 2.75) is 10.6 Å². The van der Waals surface area contributed by atoms with Gasteiger partial charge < -0.3 is 4.74 Å². The molecule has 0 atom stereocenters. The molecule has 0 aliphatic heterocycles. The number of halogens is 1. The average molecular weight is 334 g/mol. The monoisotopic (exact) mass is 333 g/mol. The highest BCUT2D eigenvalue weighted by molar-refractivity contribution is 7.98. The lowest BCUT2D eigenvalue weighted by Gasteiger charge is -2.05. The molecule has 1 aromatic carbocycles. The number of hydrogen-bond donors (Lipinski definition) is 0. The number of hydrogen-bond acceptors (Lipinski definition) is 5. The summed E-state index contributed by atoms with van der Waals surface area (Å²) >= 11 is 7.84. The van der Waals surface area contributed by atoms with Crippen LogP contribution < -0.4 is 0 Å². The van der Waals surface area contributed by atoms with E-state index in [1.807, 2.05) is 24.3 Å². The number of thioether (sulfide) groups is 1. The fourth-order valence-corrected chi connectivity index (χ4v) is 3.20. The van der Waals surface area contributed by atoms with Crippen molar-refractivity contribution < 1.29 is 9.53 Å². The van der Waals surface area contributed by atoms with Gasteiger partial charge in [-0.1, -0.05) is 41.9 Å². The van der Waals surface area contributed by atoms with Gasteiger partial charge in [0, 0.05) is 16.8 Å². The minimum atomic E-state index is -0.547. The molecule has 5 nitrogen and oxygen atoms in total. The van der Waals surface area contributed by atoms with Gasteiger partial charge in [-0.2, -0.15) is 0 Å². The Bertz CT molecular complexity index is 820. The number of nitrogens with zero attached hydrogens (tertiary/aromatic N) is 3. The summed E-state index contributed by atoms with van der Waals surface area (Å²) < 4.78 is 6.26. The van der Waals surface area contributed by atoms with E-state index in [-0.39, 0.29) is 5.82 Å². The molecule has 0 aliphatic rings. The zero-order valence-electron chi connectivity index (χ0n) is 11.7. The number of carbonyl (C=O) groups excluding carboxylic acids is 1. The van der Waals surface area contributed by atoms with Crippen LogP contribution in [0.25, 0.3) is 5.65 Å². The van der Waals surface area contributed by atoms with Crippen molar-refractivity contribution in [2.24, 2.45) is 0 Å². The molecule has 0 aliphatic carbocycles. The number of ether oxygens (including phenoxy) is 1. The average Bonchev–Trinajstić information content (AvgIpc) is 2.97. The standard InChI is InChI=1S/C15H12ClN3O2S/c1-21-15(20)14-18-17-13-12(16)7-11(8-19(13)14)22-9-10-5-3-2-4-6-10/h2-8H,9H2,1H3. The van der Waals surface area contributed by atoms with Gasteiger partial charge >= 0.3 is 5.97 Å². The molecule has 2 heterocycles. The van der Waals surface area contributed by atoms with Crippen LogP contribution in [0.2, 0.25) is 5.02 Å². The van der Waals surface area contributed by atoms with E-state index in [1.54, 1.807) is 22.4 Å². The molecular weight excluding hydrogens is 322 g/mol. The number of pyridine rings is 1. The van der Waals surface area contributed by atoms with Crippen molar-refractivity contribution in [1.82, 2.24) is 14.6 Å². The molecule has 0 N–H and O–H groups in total. The minimum Gasteiger partial charge on any atom is -0.463 e. The van der Waals surface area contributed by atoms with E-state index < -0.39 is 5.97 Å². The molecule has 0 spiro atoms. The third-order valence-electron chi connectivity index (χ3n) is 3.05. The Hall–Kier alpha value is -2.05. The van der Waals surface area contributed by atoms with Crippen molar-refractivity contribution in [2.75, 3.05) is 7.11 Å². The molecule has 22 heavy (non-hydrogen) atoms. The molecule has 0 amide bonds. The van der Waals surface area contributed by atoms with Gasteiger partial charge in [-0.25, -0.2) is 4.79 Å². The summed E-state index contributed by atoms with van der Waals surface area (Å²) in [5.41, 5.74) is 1.65. The number of aromatic nitrogens is 3. The summed E-state index contributed by atoms with van der Waals surface area (Å²) in [6.07, 6.45) is 1.79. The molecule has 2 aromatic heterocycles. The smallest absolute Gasteiger partial charge is 0.376 e. The van der Waals surface area contributed by atoms with E-state index in [0.717, 1.165) is 10.6 Å². The largest absolute Gasteiger partial charge is 0.463 e. The molecular formula is C15H12ClN3O2S. The van der Waals surface area contributed by atoms with Crippen LogP contribution in [-0.4, -0.2) is 27.7 Å². The Morgan fingerprint density at radius 1 is 1.32 bits per heavy atom. The third kappa shape index (κ3) is 2.93. The summed E-state index contributed by atoms with van der Waals surface area (Å²) in [6, 6.07) is 11.9. The number of carbonyl (C=O) groups is 1. The first-order valence-electron chi connectivity index (χ1n) is 6.48. The second kappa shape index (κ2) is 6.37. The normalized spacial score (nSPS) is 10.8. The molecule has 0 unspecified atom stereocenters. The van der Waals surface area contributed by atoms with Gasteiger partial charge in [0.15, 0.2) is 5.65 Å². The molecule has 3 aromatic rings. The number of methoxy groups -OCH3 is 1. The van der Waals surface area contributed by atoms with Crippen LogP contribution in [0.1, 0.15) is 16.2 Å². The Kier molecular flexibility index (Phi) is 4.31. The second-order valence-corrected chi connectivity index (χ2v) is 5.96. The highest BCUT2D eigenvalue weighted by Crippen LogP contribution is 2.27. The Labute approximate surface area is 136 Å². The zero-order chi connectivity index (χ0) is 15.5. The topological polar surface area (TPSA) is 56.5 Å². The molecule has 0 saturated heterocycles. The van der Waals surface area contributed by atoms with Gasteiger partial charge in [0.1, 0.15) is 0 Å². The summed E-state index contributed by atoms with van der Waals surface area (Å²) in [6.45, 7) is 0. The SMILES string of the molecule is COC(=O)c1nnc2c(Cl)cc(SCc3ccccc3)cn12. The van der Waals surface area contributed by atoms with E-state index in [4.69, 9.17) is 16.3 Å². The maximum Gasteiger partial charge on any atom is 0.376 e. The van der Waals surface area contributed by atoms with E-state index in [1.165, 1.54) is 12.7 Å². The summed E-state index contributed by atoms with van der Waals surface area (Å²) in [5, 5.41) is 8.19. The first-order valence-corrected chi connectivity index (χ1v) is 7.84. The third-order valence-corrected chi connectivity index (χ3v) is 4.36. The Morgan fingerprint density at radius 3 is 2.82 bits per heavy atom. The molecule has 112 valence electrons. The van der Waals surface area contributed by atoms with E-state index in [0.29, 0.717) is 10.7 Å². The van der Waals surface area contributed by atoms with Gasteiger partial charge in [-0.15, -0.1) is 22.0 Å². The minimum absolute atomic E-state index is 0.113. The Balaban J connectivity index is 1.92. The molecule has 0 bridgehead atoms. The van der Waals surface area contributed by atoms with Gasteiger partial charge in [0.2, 0.25) is 5.82 Å². The van der Waals surface area contributed by atoms with Crippen molar-refractivity contribution >= 4 is 35.0 Å². The quantitative estimate of drug-likeness (QED) is 0.540. The Morgan fingerprint density at radius 2 is 2.09 bits per heavy atom. The first-order chi connectivity index (χ1) is 10.7. The van der Waals surface area contributed by atoms with Crippen LogP contribution in [0, 0.1) is 0 Å². The maximum atomic E-state index is 11.7. The van der Waals surface area contributed by atoms with Crippen LogP contribution >= 0.6 is 23.4 Å². The summed E-state index contributed by atoms with van der Waals surface area (Å²) in [4.78, 5) is 12.6. The van der Waals surface area contributed by atoms with Crippen LogP contribution in [0.3, 0.4) is 0 Å². The predicted octanol–water partition coefficient (Wildman–Crippen LogP) is 3.46. The lowest BCUT2D eigenvalue weighted by molar-refractivity contribution is 0.0585. The first kappa shape index (κ1) is 14.9. The van der Waals surface area contributed by atoms with E-state index >= 15 is 0 Å². The number of benzene rings is 1. The zero-order valence-corrected chi connectivity index (χ0v) is 13.3. The summed E-state index contributed by atoms with van der Waals surface area (Å²) in [7, 11) is 1.30. The fourth-order valence-electron chi connectivity index (χ4n) is 1.98. The van der Waals surface area contributed by atoms with Crippen molar-refractivity contribution in [1.29, 1.82) is 0 Å². The molecule has 0 fully saturated rings. The maximum absolute atomic E-state index is 11.7. The van der Waals surface area contributed by atoms with Crippen LogP contribution in [-0.2, 0) is 10.5 Å². The second-order valence-electron chi connectivity index (χ2n) is 4.51. The van der Waals surface area contributed by atoms with Crippen molar-refractivity contribution in [3.8, 4) is 0 Å². The molecule has 0 saturated carbocycles. The number of fused-ring (bicyclic) bond motifs is 1. The van der Waals surface area contributed by atoms with Gasteiger partial charge in [-0.3, -0.25) is 4.40 Å². The van der Waals surface area contributed by atoms with Crippen LogP contribution in [0.4, 0.5) is 0 Å². The highest BCUT2D eigenvalue weighted by atomic mass is 35.5. The molecule has 3 rings (SSSR count). The lowest BCUT2D eigenvalue weighted by atomic mass is 10.2. The summed E-state index contributed by atoms with van der Waals surface area (Å²) in [5.74, 6) is 0.369. The van der Waals surface area contributed by atoms with E-state index in [9.17, 15) is 4.79 Å². The number of esters is 1. The lowest BCUT2D eigenvalue weighted by Crippen LogP contribution is -2.07. The highest BCUT2D eigenvalue weighted by Gasteiger charge is 2.17. The van der Waals surface area contributed by atoms with Crippen molar-refractivity contribution in [3.63, 3.8) is 0 Å². The van der Waals surface area contributed by atoms with Crippen molar-refractivity contribution in [3.05, 3.63) is 59.0 Å². The molecule has 0 radical (unpaired) electrons. The number of rotatable bonds is 4. The van der Waals surface area contributed by atoms with Gasteiger partial charge in [0.25, 0.3) is 0 Å². The predicted molar refractivity (Wildman–Crippen MR) is 85.3 cm³/mol. The van der Waals surface area contributed by atoms with Gasteiger partial charge in [0.05, 0.1) is 12.1 Å². The fraction of sp³-hybridized carbons (Fsp3) is 0.133. The van der Waals surface area contributed by atoms with Gasteiger partial charge in [-0.05, 0) is 11.6 Å².